The van der Waals surface area contributed by atoms with Crippen LogP contribution in [-0.2, 0) is 9.53 Å². The van der Waals surface area contributed by atoms with Crippen molar-refractivity contribution < 1.29 is 19.0 Å². The molecule has 1 aromatic carbocycles. The summed E-state index contributed by atoms with van der Waals surface area (Å²) in [6.45, 7) is -0.538. The first kappa shape index (κ1) is 14.4. The van der Waals surface area contributed by atoms with Crippen LogP contribution in [0.25, 0.3) is 0 Å². The normalized spacial score (nSPS) is 11.5. The number of hydrogen-bond donors (Lipinski definition) is 2. The predicted octanol–water partition coefficient (Wildman–Crippen LogP) is 1.41. The minimum Gasteiger partial charge on any atom is -0.467 e. The Balaban J connectivity index is 3.02. The number of nitriles is 1. The Morgan fingerprint density at radius 3 is 2.89 bits per heavy atom. The lowest BCUT2D eigenvalue weighted by atomic mass is 10.2. The lowest BCUT2D eigenvalue weighted by Crippen LogP contribution is -2.34. The van der Waals surface area contributed by atoms with Gasteiger partial charge >= 0.3 is 5.97 Å². The van der Waals surface area contributed by atoms with Gasteiger partial charge in [0.25, 0.3) is 0 Å². The lowest BCUT2D eigenvalue weighted by Gasteiger charge is -2.16. The highest BCUT2D eigenvalue weighted by molar-refractivity contribution is 9.10. The van der Waals surface area contributed by atoms with Gasteiger partial charge in [0.2, 0.25) is 0 Å². The van der Waals surface area contributed by atoms with Crippen molar-refractivity contribution in [3.05, 3.63) is 28.0 Å². The summed E-state index contributed by atoms with van der Waals surface area (Å²) in [5, 5.41) is 20.2. The zero-order chi connectivity index (χ0) is 13.7. The molecule has 0 aliphatic carbocycles. The highest BCUT2D eigenvalue weighted by Crippen LogP contribution is 2.27. The second kappa shape index (κ2) is 6.33. The van der Waals surface area contributed by atoms with Gasteiger partial charge in [-0.3, -0.25) is 0 Å². The Labute approximate surface area is 111 Å². The molecule has 2 N–H and O–H groups in total. The Morgan fingerprint density at radius 1 is 1.72 bits per heavy atom. The van der Waals surface area contributed by atoms with Gasteiger partial charge in [-0.15, -0.1) is 0 Å². The first-order chi connectivity index (χ1) is 8.54. The van der Waals surface area contributed by atoms with E-state index in [1.54, 1.807) is 0 Å². The van der Waals surface area contributed by atoms with Crippen molar-refractivity contribution in [2.75, 3.05) is 19.0 Å². The molecule has 96 valence electrons. The number of nitrogens with zero attached hydrogens (tertiary/aromatic N) is 1. The van der Waals surface area contributed by atoms with E-state index in [1.807, 2.05) is 6.07 Å². The molecule has 0 heterocycles. The molecule has 0 spiro atoms. The molecular formula is C11H10BrFN2O3. The topological polar surface area (TPSA) is 82.3 Å². The van der Waals surface area contributed by atoms with Gasteiger partial charge in [-0.2, -0.15) is 5.26 Å². The highest BCUT2D eigenvalue weighted by Gasteiger charge is 2.20. The van der Waals surface area contributed by atoms with E-state index >= 15 is 0 Å². The average Bonchev–Trinajstić information content (AvgIpc) is 2.39. The van der Waals surface area contributed by atoms with E-state index in [4.69, 9.17) is 10.4 Å². The van der Waals surface area contributed by atoms with Gasteiger partial charge in [0.1, 0.15) is 12.1 Å². The second-order valence-corrected chi connectivity index (χ2v) is 4.10. The molecule has 0 radical (unpaired) electrons. The molecule has 0 aromatic heterocycles. The fourth-order valence-corrected chi connectivity index (χ4v) is 1.69. The fourth-order valence-electron chi connectivity index (χ4n) is 1.26. The van der Waals surface area contributed by atoms with Gasteiger partial charge < -0.3 is 15.2 Å². The number of aliphatic hydroxyl groups is 1. The minimum absolute atomic E-state index is 0.00319. The summed E-state index contributed by atoms with van der Waals surface area (Å²) in [7, 11) is 1.16. The van der Waals surface area contributed by atoms with Crippen molar-refractivity contribution in [1.29, 1.82) is 5.26 Å². The quantitative estimate of drug-likeness (QED) is 0.821. The lowest BCUT2D eigenvalue weighted by molar-refractivity contribution is -0.142. The first-order valence-corrected chi connectivity index (χ1v) is 5.67. The van der Waals surface area contributed by atoms with Crippen molar-refractivity contribution in [3.8, 4) is 6.07 Å². The van der Waals surface area contributed by atoms with Gasteiger partial charge in [0.05, 0.1) is 29.4 Å². The van der Waals surface area contributed by atoms with Crippen LogP contribution in [0.15, 0.2) is 16.6 Å². The van der Waals surface area contributed by atoms with Crippen molar-refractivity contribution in [2.24, 2.45) is 0 Å². The predicted molar refractivity (Wildman–Crippen MR) is 65.3 cm³/mol. The summed E-state index contributed by atoms with van der Waals surface area (Å²) in [5.41, 5.74) is 0.127. The Bertz CT molecular complexity index is 502. The van der Waals surface area contributed by atoms with Crippen molar-refractivity contribution in [1.82, 2.24) is 0 Å². The van der Waals surface area contributed by atoms with Crippen molar-refractivity contribution in [3.63, 3.8) is 0 Å². The van der Waals surface area contributed by atoms with Crippen LogP contribution in [0.1, 0.15) is 5.56 Å². The zero-order valence-corrected chi connectivity index (χ0v) is 11.0. The number of anilines is 1. The van der Waals surface area contributed by atoms with Crippen molar-refractivity contribution >= 4 is 27.6 Å². The monoisotopic (exact) mass is 316 g/mol. The summed E-state index contributed by atoms with van der Waals surface area (Å²) >= 11 is 2.94. The summed E-state index contributed by atoms with van der Waals surface area (Å²) < 4.78 is 18.3. The van der Waals surface area contributed by atoms with Crippen LogP contribution in [0.2, 0.25) is 0 Å². The van der Waals surface area contributed by atoms with Gasteiger partial charge in [-0.25, -0.2) is 9.18 Å². The van der Waals surface area contributed by atoms with Gasteiger partial charge in [-0.1, -0.05) is 0 Å². The number of aliphatic hydroxyl groups excluding tert-OH is 1. The van der Waals surface area contributed by atoms with Crippen LogP contribution in [0.3, 0.4) is 0 Å². The van der Waals surface area contributed by atoms with Crippen molar-refractivity contribution in [2.45, 2.75) is 6.04 Å². The van der Waals surface area contributed by atoms with Gasteiger partial charge in [0.15, 0.2) is 5.82 Å². The van der Waals surface area contributed by atoms with E-state index < -0.39 is 24.4 Å². The second-order valence-electron chi connectivity index (χ2n) is 3.30. The minimum atomic E-state index is -1.07. The summed E-state index contributed by atoms with van der Waals surface area (Å²) in [4.78, 5) is 11.2. The number of halogens is 2. The first-order valence-electron chi connectivity index (χ1n) is 4.88. The largest absolute Gasteiger partial charge is 0.467 e. The molecule has 5 nitrogen and oxygen atoms in total. The SMILES string of the molecule is COC(=O)C(CO)Nc1ccc(C#N)c(Br)c1F. The maximum atomic E-state index is 13.8. The molecule has 0 aliphatic heterocycles. The Morgan fingerprint density at radius 2 is 2.39 bits per heavy atom. The number of rotatable bonds is 4. The number of carbonyl (C=O) groups excluding carboxylic acids is 1. The fraction of sp³-hybridized carbons (Fsp3) is 0.273. The number of benzene rings is 1. The molecule has 0 bridgehead atoms. The highest BCUT2D eigenvalue weighted by atomic mass is 79.9. The maximum absolute atomic E-state index is 13.8. The number of methoxy groups -OCH3 is 1. The number of ether oxygens (including phenoxy) is 1. The van der Waals surface area contributed by atoms with Gasteiger partial charge in [0, 0.05) is 0 Å². The van der Waals surface area contributed by atoms with E-state index in [0.717, 1.165) is 7.11 Å². The van der Waals surface area contributed by atoms with Gasteiger partial charge in [-0.05, 0) is 28.1 Å². The molecule has 1 rings (SSSR count). The molecular weight excluding hydrogens is 307 g/mol. The van der Waals surface area contributed by atoms with E-state index in [2.05, 4.69) is 26.0 Å². The Hall–Kier alpha value is -1.65. The molecule has 18 heavy (non-hydrogen) atoms. The molecule has 0 saturated carbocycles. The summed E-state index contributed by atoms with van der Waals surface area (Å²) in [5.74, 6) is -1.42. The molecule has 1 atom stereocenters. The van der Waals surface area contributed by atoms with E-state index in [1.165, 1.54) is 12.1 Å². The Kier molecular flexibility index (Phi) is 5.07. The smallest absolute Gasteiger partial charge is 0.330 e. The third-order valence-corrected chi connectivity index (χ3v) is 2.98. The molecule has 0 saturated heterocycles. The molecule has 0 amide bonds. The zero-order valence-electron chi connectivity index (χ0n) is 9.41. The molecule has 1 aromatic rings. The summed E-state index contributed by atoms with van der Waals surface area (Å²) in [6.07, 6.45) is 0. The number of hydrogen-bond acceptors (Lipinski definition) is 5. The standard InChI is InChI=1S/C11H10BrFN2O3/c1-18-11(17)8(5-16)15-7-3-2-6(4-14)9(12)10(7)13/h2-3,8,15-16H,5H2,1H3. The molecule has 0 aliphatic rings. The van der Waals surface area contributed by atoms with Crippen LogP contribution < -0.4 is 5.32 Å². The number of carbonyl (C=O) groups is 1. The number of esters is 1. The van der Waals surface area contributed by atoms with Crippen LogP contribution in [0.5, 0.6) is 0 Å². The maximum Gasteiger partial charge on any atom is 0.330 e. The summed E-state index contributed by atoms with van der Waals surface area (Å²) in [6, 6.07) is 3.44. The van der Waals surface area contributed by atoms with E-state index in [-0.39, 0.29) is 15.7 Å². The molecule has 0 fully saturated rings. The molecule has 1 unspecified atom stereocenters. The third-order valence-electron chi connectivity index (χ3n) is 2.20. The third kappa shape index (κ3) is 2.97. The number of nitrogens with one attached hydrogen (secondary N) is 1. The average molecular weight is 317 g/mol. The van der Waals surface area contributed by atoms with Crippen LogP contribution >= 0.6 is 15.9 Å². The molecule has 7 heteroatoms. The van der Waals surface area contributed by atoms with Crippen LogP contribution in [0, 0.1) is 17.1 Å². The van der Waals surface area contributed by atoms with Crippen LogP contribution in [-0.4, -0.2) is 30.8 Å². The van der Waals surface area contributed by atoms with E-state index in [9.17, 15) is 9.18 Å². The van der Waals surface area contributed by atoms with E-state index in [0.29, 0.717) is 0 Å². The van der Waals surface area contributed by atoms with Crippen LogP contribution in [0.4, 0.5) is 10.1 Å².